The van der Waals surface area contributed by atoms with E-state index >= 15 is 0 Å². The van der Waals surface area contributed by atoms with Gasteiger partial charge in [0.1, 0.15) is 11.9 Å². The average Bonchev–Trinajstić information content (AvgIpc) is 2.58. The highest BCUT2D eigenvalue weighted by Crippen LogP contribution is 2.28. The molecule has 0 N–H and O–H groups in total. The highest BCUT2D eigenvalue weighted by Gasteiger charge is 2.31. The molecule has 2 aromatic rings. The van der Waals surface area contributed by atoms with Gasteiger partial charge in [0.15, 0.2) is 0 Å². The van der Waals surface area contributed by atoms with Gasteiger partial charge in [-0.05, 0) is 49.6 Å². The number of halogens is 1. The van der Waals surface area contributed by atoms with Crippen LogP contribution in [0.15, 0.2) is 47.6 Å². The molecule has 1 aromatic heterocycles. The van der Waals surface area contributed by atoms with E-state index in [4.69, 9.17) is 16.3 Å². The molecule has 2 heterocycles. The van der Waals surface area contributed by atoms with E-state index in [1.807, 2.05) is 12.1 Å². The summed E-state index contributed by atoms with van der Waals surface area (Å²) in [6.45, 7) is 2.59. The minimum absolute atomic E-state index is 0.00103. The van der Waals surface area contributed by atoms with Gasteiger partial charge in [-0.1, -0.05) is 17.7 Å². The standard InChI is InChI=1S/C17H19ClN2O3S/c1-13-16(18)5-2-6-17(13)24(21,22)20-10-7-14(8-11-20)23-15-4-3-9-19-12-15/h2-6,9,12,14H,7-8,10-11H2,1H3. The molecular formula is C17H19ClN2O3S. The van der Waals surface area contributed by atoms with Crippen LogP contribution in [0.4, 0.5) is 0 Å². The van der Waals surface area contributed by atoms with Crippen LogP contribution < -0.4 is 4.74 Å². The van der Waals surface area contributed by atoms with Crippen LogP contribution >= 0.6 is 11.6 Å². The van der Waals surface area contributed by atoms with E-state index in [-0.39, 0.29) is 11.0 Å². The summed E-state index contributed by atoms with van der Waals surface area (Å²) in [5, 5.41) is 0.464. The normalized spacial score (nSPS) is 16.9. The minimum Gasteiger partial charge on any atom is -0.489 e. The third-order valence-corrected chi connectivity index (χ3v) is 6.63. The molecule has 1 aliphatic heterocycles. The summed E-state index contributed by atoms with van der Waals surface area (Å²) >= 11 is 6.06. The van der Waals surface area contributed by atoms with E-state index in [1.165, 1.54) is 4.31 Å². The van der Waals surface area contributed by atoms with Crippen molar-refractivity contribution < 1.29 is 13.2 Å². The molecule has 0 amide bonds. The van der Waals surface area contributed by atoms with Gasteiger partial charge >= 0.3 is 0 Å². The fraction of sp³-hybridized carbons (Fsp3) is 0.353. The van der Waals surface area contributed by atoms with Crippen molar-refractivity contribution in [2.75, 3.05) is 13.1 Å². The molecule has 24 heavy (non-hydrogen) atoms. The van der Waals surface area contributed by atoms with Crippen molar-refractivity contribution in [2.45, 2.75) is 30.8 Å². The zero-order valence-corrected chi connectivity index (χ0v) is 14.9. The quantitative estimate of drug-likeness (QED) is 0.833. The van der Waals surface area contributed by atoms with Crippen molar-refractivity contribution in [1.29, 1.82) is 0 Å². The first-order valence-corrected chi connectivity index (χ1v) is 9.62. The third-order valence-electron chi connectivity index (χ3n) is 4.17. The van der Waals surface area contributed by atoms with Crippen LogP contribution in [0.2, 0.25) is 5.02 Å². The lowest BCUT2D eigenvalue weighted by molar-refractivity contribution is 0.134. The fourth-order valence-electron chi connectivity index (χ4n) is 2.81. The Balaban J connectivity index is 1.69. The smallest absolute Gasteiger partial charge is 0.243 e. The lowest BCUT2D eigenvalue weighted by Gasteiger charge is -2.31. The molecule has 0 spiro atoms. The predicted molar refractivity (Wildman–Crippen MR) is 92.8 cm³/mol. The summed E-state index contributed by atoms with van der Waals surface area (Å²) in [6.07, 6.45) is 4.65. The second kappa shape index (κ2) is 7.09. The number of rotatable bonds is 4. The van der Waals surface area contributed by atoms with Crippen LogP contribution in [0.25, 0.3) is 0 Å². The number of aromatic nitrogens is 1. The molecule has 0 saturated carbocycles. The Labute approximate surface area is 147 Å². The van der Waals surface area contributed by atoms with Crippen LogP contribution in [0.1, 0.15) is 18.4 Å². The summed E-state index contributed by atoms with van der Waals surface area (Å²) in [5.74, 6) is 0.712. The molecule has 1 aliphatic rings. The van der Waals surface area contributed by atoms with Gasteiger partial charge < -0.3 is 4.74 Å². The van der Waals surface area contributed by atoms with Gasteiger partial charge in [-0.3, -0.25) is 4.98 Å². The SMILES string of the molecule is Cc1c(Cl)cccc1S(=O)(=O)N1CCC(Oc2cccnc2)CC1. The molecule has 1 aromatic carbocycles. The molecule has 1 fully saturated rings. The van der Waals surface area contributed by atoms with E-state index < -0.39 is 10.0 Å². The third kappa shape index (κ3) is 3.55. The molecular weight excluding hydrogens is 348 g/mol. The number of benzene rings is 1. The monoisotopic (exact) mass is 366 g/mol. The van der Waals surface area contributed by atoms with Crippen LogP contribution in [0, 0.1) is 6.92 Å². The molecule has 1 saturated heterocycles. The minimum atomic E-state index is -3.53. The van der Waals surface area contributed by atoms with Gasteiger partial charge in [0, 0.05) is 24.3 Å². The highest BCUT2D eigenvalue weighted by molar-refractivity contribution is 7.89. The van der Waals surface area contributed by atoms with E-state index in [2.05, 4.69) is 4.98 Å². The van der Waals surface area contributed by atoms with Crippen molar-refractivity contribution in [3.8, 4) is 5.75 Å². The number of nitrogens with zero attached hydrogens (tertiary/aromatic N) is 2. The first kappa shape index (κ1) is 17.2. The summed E-state index contributed by atoms with van der Waals surface area (Å²) in [5.41, 5.74) is 0.591. The number of sulfonamides is 1. The maximum atomic E-state index is 12.8. The first-order chi connectivity index (χ1) is 11.5. The highest BCUT2D eigenvalue weighted by atomic mass is 35.5. The lowest BCUT2D eigenvalue weighted by atomic mass is 10.1. The van der Waals surface area contributed by atoms with Crippen molar-refractivity contribution in [2.24, 2.45) is 0 Å². The van der Waals surface area contributed by atoms with Crippen LogP contribution in [-0.2, 0) is 10.0 Å². The van der Waals surface area contributed by atoms with Crippen molar-refractivity contribution in [1.82, 2.24) is 9.29 Å². The number of pyridine rings is 1. The Bertz CT molecular complexity index is 804. The Hall–Kier alpha value is -1.63. The Kier molecular flexibility index (Phi) is 5.08. The number of hydrogen-bond acceptors (Lipinski definition) is 4. The summed E-state index contributed by atoms with van der Waals surface area (Å²) in [6, 6.07) is 8.64. The average molecular weight is 367 g/mol. The molecule has 0 bridgehead atoms. The molecule has 0 unspecified atom stereocenters. The van der Waals surface area contributed by atoms with E-state index in [9.17, 15) is 8.42 Å². The zero-order valence-electron chi connectivity index (χ0n) is 13.4. The predicted octanol–water partition coefficient (Wildman–Crippen LogP) is 3.28. The van der Waals surface area contributed by atoms with E-state index in [0.717, 1.165) is 0 Å². The number of hydrogen-bond donors (Lipinski definition) is 0. The van der Waals surface area contributed by atoms with Crippen LogP contribution in [0.3, 0.4) is 0 Å². The summed E-state index contributed by atoms with van der Waals surface area (Å²) in [4.78, 5) is 4.30. The molecule has 0 radical (unpaired) electrons. The number of ether oxygens (including phenoxy) is 1. The maximum Gasteiger partial charge on any atom is 0.243 e. The van der Waals surface area contributed by atoms with Crippen molar-refractivity contribution >= 4 is 21.6 Å². The topological polar surface area (TPSA) is 59.5 Å². The van der Waals surface area contributed by atoms with Crippen LogP contribution in [-0.4, -0.2) is 36.9 Å². The Morgan fingerprint density at radius 1 is 1.21 bits per heavy atom. The molecule has 0 atom stereocenters. The summed E-state index contributed by atoms with van der Waals surface area (Å²) in [7, 11) is -3.53. The van der Waals surface area contributed by atoms with E-state index in [0.29, 0.717) is 42.3 Å². The number of piperidine rings is 1. The van der Waals surface area contributed by atoms with Crippen LogP contribution in [0.5, 0.6) is 5.75 Å². The largest absolute Gasteiger partial charge is 0.489 e. The van der Waals surface area contributed by atoms with Crippen molar-refractivity contribution in [3.05, 3.63) is 53.3 Å². The van der Waals surface area contributed by atoms with Crippen molar-refractivity contribution in [3.63, 3.8) is 0 Å². The van der Waals surface area contributed by atoms with Gasteiger partial charge in [0.2, 0.25) is 10.0 Å². The van der Waals surface area contributed by atoms with Gasteiger partial charge in [0.05, 0.1) is 11.1 Å². The molecule has 3 rings (SSSR count). The first-order valence-electron chi connectivity index (χ1n) is 7.80. The molecule has 0 aliphatic carbocycles. The lowest BCUT2D eigenvalue weighted by Crippen LogP contribution is -2.41. The Morgan fingerprint density at radius 2 is 1.96 bits per heavy atom. The zero-order chi connectivity index (χ0) is 17.2. The summed E-state index contributed by atoms with van der Waals surface area (Å²) < 4.78 is 33.1. The molecule has 7 heteroatoms. The molecule has 128 valence electrons. The van der Waals surface area contributed by atoms with E-state index in [1.54, 1.807) is 37.5 Å². The second-order valence-electron chi connectivity index (χ2n) is 5.77. The van der Waals surface area contributed by atoms with Gasteiger partial charge in [-0.25, -0.2) is 8.42 Å². The second-order valence-corrected chi connectivity index (χ2v) is 8.09. The fourth-order valence-corrected chi connectivity index (χ4v) is 4.75. The van der Waals surface area contributed by atoms with Gasteiger partial charge in [-0.15, -0.1) is 0 Å². The van der Waals surface area contributed by atoms with Gasteiger partial charge in [-0.2, -0.15) is 4.31 Å². The maximum absolute atomic E-state index is 12.8. The Morgan fingerprint density at radius 3 is 2.62 bits per heavy atom. The molecule has 5 nitrogen and oxygen atoms in total. The van der Waals surface area contributed by atoms with Gasteiger partial charge in [0.25, 0.3) is 0 Å².